The number of hydrogen-bond acceptors (Lipinski definition) is 7. The Morgan fingerprint density at radius 2 is 1.53 bits per heavy atom. The Hall–Kier alpha value is -3.68. The number of anilines is 1. The highest BCUT2D eigenvalue weighted by Crippen LogP contribution is 2.34. The fraction of sp³-hybridized carbons (Fsp3) is 0.273. The number of benzene rings is 1. The average Bonchev–Trinajstić information content (AvgIpc) is 2.86. The zero-order valence-corrected chi connectivity index (χ0v) is 17.4. The molecule has 2 aliphatic rings. The number of allylic oxidation sites excluding steroid dienone is 2. The zero-order chi connectivity index (χ0) is 22.2. The van der Waals surface area contributed by atoms with Crippen molar-refractivity contribution < 1.29 is 28.7 Å². The highest BCUT2D eigenvalue weighted by molar-refractivity contribution is 6.22. The monoisotopic (exact) mass is 410 g/mol. The van der Waals surface area contributed by atoms with Crippen molar-refractivity contribution in [1.82, 2.24) is 4.90 Å². The van der Waals surface area contributed by atoms with Crippen LogP contribution in [0.1, 0.15) is 41.5 Å². The maximum Gasteiger partial charge on any atom is 0.355 e. The minimum absolute atomic E-state index is 0.00595. The van der Waals surface area contributed by atoms with Gasteiger partial charge in [0, 0.05) is 17.4 Å². The van der Waals surface area contributed by atoms with Crippen molar-refractivity contribution >= 4 is 29.4 Å². The van der Waals surface area contributed by atoms with Gasteiger partial charge in [0.05, 0.1) is 30.9 Å². The van der Waals surface area contributed by atoms with Crippen molar-refractivity contribution in [2.75, 3.05) is 19.1 Å². The summed E-state index contributed by atoms with van der Waals surface area (Å²) in [6.07, 6.45) is 6.21. The first kappa shape index (κ1) is 21.0. The number of amides is 2. The Morgan fingerprint density at radius 1 is 0.900 bits per heavy atom. The molecule has 0 atom stereocenters. The van der Waals surface area contributed by atoms with Crippen LogP contribution in [0.5, 0.6) is 0 Å². The van der Waals surface area contributed by atoms with Crippen LogP contribution in [0.25, 0.3) is 0 Å². The van der Waals surface area contributed by atoms with Crippen LogP contribution in [0.2, 0.25) is 0 Å². The molecule has 0 radical (unpaired) electrons. The summed E-state index contributed by atoms with van der Waals surface area (Å²) in [5.74, 6) is -2.27. The lowest BCUT2D eigenvalue weighted by atomic mass is 10.1. The van der Waals surface area contributed by atoms with Gasteiger partial charge in [-0.3, -0.25) is 14.5 Å². The van der Waals surface area contributed by atoms with Crippen LogP contribution in [-0.4, -0.2) is 48.4 Å². The number of carbonyl (C=O) groups is 4. The molecule has 8 nitrogen and oxygen atoms in total. The molecule has 0 saturated heterocycles. The van der Waals surface area contributed by atoms with Gasteiger partial charge in [-0.15, -0.1) is 0 Å². The Bertz CT molecular complexity index is 1040. The van der Waals surface area contributed by atoms with Crippen LogP contribution >= 0.6 is 0 Å². The minimum atomic E-state index is -0.759. The van der Waals surface area contributed by atoms with Crippen molar-refractivity contribution in [1.29, 1.82) is 0 Å². The van der Waals surface area contributed by atoms with Gasteiger partial charge in [-0.2, -0.15) is 0 Å². The van der Waals surface area contributed by atoms with Crippen molar-refractivity contribution in [3.63, 3.8) is 0 Å². The van der Waals surface area contributed by atoms with E-state index in [-0.39, 0.29) is 28.3 Å². The highest BCUT2D eigenvalue weighted by Gasteiger charge is 2.42. The van der Waals surface area contributed by atoms with Gasteiger partial charge in [-0.25, -0.2) is 9.59 Å². The third kappa shape index (κ3) is 3.41. The number of fused-ring (bicyclic) bond motifs is 1. The Labute approximate surface area is 174 Å². The van der Waals surface area contributed by atoms with Gasteiger partial charge in [-0.05, 0) is 51.1 Å². The highest BCUT2D eigenvalue weighted by atomic mass is 16.5. The molecule has 3 rings (SSSR count). The van der Waals surface area contributed by atoms with Gasteiger partial charge in [0.25, 0.3) is 11.8 Å². The van der Waals surface area contributed by atoms with Gasteiger partial charge in [-0.1, -0.05) is 6.08 Å². The van der Waals surface area contributed by atoms with Crippen molar-refractivity contribution in [2.24, 2.45) is 0 Å². The maximum absolute atomic E-state index is 12.9. The summed E-state index contributed by atoms with van der Waals surface area (Å²) in [6, 6.07) is 4.66. The van der Waals surface area contributed by atoms with Gasteiger partial charge >= 0.3 is 11.9 Å². The van der Waals surface area contributed by atoms with Gasteiger partial charge in [0.15, 0.2) is 0 Å². The molecule has 8 heteroatoms. The van der Waals surface area contributed by atoms with Gasteiger partial charge in [0.2, 0.25) is 0 Å². The molecule has 0 aliphatic carbocycles. The molecule has 2 heterocycles. The summed E-state index contributed by atoms with van der Waals surface area (Å²) >= 11 is 0. The van der Waals surface area contributed by atoms with E-state index in [2.05, 4.69) is 0 Å². The van der Waals surface area contributed by atoms with E-state index in [4.69, 9.17) is 9.47 Å². The summed E-state index contributed by atoms with van der Waals surface area (Å²) in [7, 11) is 2.41. The minimum Gasteiger partial charge on any atom is -0.465 e. The van der Waals surface area contributed by atoms with Crippen LogP contribution in [0.15, 0.2) is 53.9 Å². The predicted octanol–water partition coefficient (Wildman–Crippen LogP) is 2.57. The molecule has 1 aromatic rings. The van der Waals surface area contributed by atoms with E-state index < -0.39 is 23.4 Å². The van der Waals surface area contributed by atoms with Crippen LogP contribution in [0, 0.1) is 0 Å². The number of carbonyl (C=O) groups excluding carboxylic acids is 4. The molecule has 2 amide bonds. The Balaban J connectivity index is 2.16. The van der Waals surface area contributed by atoms with Crippen LogP contribution in [-0.2, 0) is 19.1 Å². The number of rotatable bonds is 3. The van der Waals surface area contributed by atoms with E-state index in [1.807, 2.05) is 0 Å². The number of hydrogen-bond donors (Lipinski definition) is 0. The van der Waals surface area contributed by atoms with E-state index in [1.54, 1.807) is 45.2 Å². The van der Waals surface area contributed by atoms with Crippen molar-refractivity contribution in [3.8, 4) is 0 Å². The molecule has 0 spiro atoms. The normalized spacial score (nSPS) is 16.0. The molecule has 156 valence electrons. The fourth-order valence-electron chi connectivity index (χ4n) is 3.35. The van der Waals surface area contributed by atoms with Crippen LogP contribution < -0.4 is 4.90 Å². The molecular formula is C22H22N2O6. The van der Waals surface area contributed by atoms with E-state index >= 15 is 0 Å². The Morgan fingerprint density at radius 3 is 2.13 bits per heavy atom. The molecule has 0 N–H and O–H groups in total. The maximum atomic E-state index is 12.9. The summed E-state index contributed by atoms with van der Waals surface area (Å²) in [5, 5.41) is 0. The van der Waals surface area contributed by atoms with Crippen molar-refractivity contribution in [2.45, 2.75) is 26.3 Å². The SMILES string of the molecule is COC(=O)C1=C(C(=O)OC)N(c2ccc3c(c2)C(=O)N(C(C)(C)C)C3=O)C=CC=C1. The first-order valence-electron chi connectivity index (χ1n) is 9.19. The predicted molar refractivity (Wildman–Crippen MR) is 109 cm³/mol. The van der Waals surface area contributed by atoms with Gasteiger partial charge in [0.1, 0.15) is 5.70 Å². The molecule has 0 aromatic heterocycles. The largest absolute Gasteiger partial charge is 0.465 e. The molecule has 0 bridgehead atoms. The third-order valence-corrected chi connectivity index (χ3v) is 4.71. The van der Waals surface area contributed by atoms with Crippen molar-refractivity contribution in [3.05, 3.63) is 65.0 Å². The molecule has 0 fully saturated rings. The molecule has 0 unspecified atom stereocenters. The van der Waals surface area contributed by atoms with Crippen LogP contribution in [0.3, 0.4) is 0 Å². The second-order valence-corrected chi connectivity index (χ2v) is 7.66. The second kappa shape index (κ2) is 7.62. The number of methoxy groups -OCH3 is 2. The quantitative estimate of drug-likeness (QED) is 0.558. The van der Waals surface area contributed by atoms with E-state index in [1.165, 1.54) is 42.2 Å². The van der Waals surface area contributed by atoms with E-state index in [9.17, 15) is 19.2 Å². The number of nitrogens with zero attached hydrogens (tertiary/aromatic N) is 2. The number of esters is 2. The molecular weight excluding hydrogens is 388 g/mol. The lowest BCUT2D eigenvalue weighted by Gasteiger charge is -2.29. The first-order valence-corrected chi connectivity index (χ1v) is 9.19. The fourth-order valence-corrected chi connectivity index (χ4v) is 3.35. The molecule has 0 saturated carbocycles. The van der Waals surface area contributed by atoms with Crippen LogP contribution in [0.4, 0.5) is 5.69 Å². The lowest BCUT2D eigenvalue weighted by Crippen LogP contribution is -2.45. The molecule has 1 aromatic carbocycles. The topological polar surface area (TPSA) is 93.2 Å². The molecule has 30 heavy (non-hydrogen) atoms. The van der Waals surface area contributed by atoms with Gasteiger partial charge < -0.3 is 14.4 Å². The lowest BCUT2D eigenvalue weighted by molar-refractivity contribution is -0.139. The zero-order valence-electron chi connectivity index (χ0n) is 17.4. The first-order chi connectivity index (χ1) is 14.1. The third-order valence-electron chi connectivity index (χ3n) is 4.71. The summed E-state index contributed by atoms with van der Waals surface area (Å²) in [5.41, 5.74) is 0.156. The molecule has 2 aliphatic heterocycles. The second-order valence-electron chi connectivity index (χ2n) is 7.66. The average molecular weight is 410 g/mol. The number of ether oxygens (including phenoxy) is 2. The number of imide groups is 1. The summed E-state index contributed by atoms with van der Waals surface area (Å²) in [4.78, 5) is 53.1. The smallest absolute Gasteiger partial charge is 0.355 e. The van der Waals surface area contributed by atoms with E-state index in [0.29, 0.717) is 5.69 Å². The summed E-state index contributed by atoms with van der Waals surface area (Å²) < 4.78 is 9.67. The summed E-state index contributed by atoms with van der Waals surface area (Å²) in [6.45, 7) is 5.33. The standard InChI is InChI=1S/C22H22N2O6/c1-22(2,3)24-18(25)14-10-9-13(12-16(14)19(24)26)23-11-7-6-8-15(20(27)29-4)17(23)21(28)30-5/h6-12H,1-5H3. The Kier molecular flexibility index (Phi) is 5.35. The van der Waals surface area contributed by atoms with E-state index in [0.717, 1.165) is 0 Å².